The molecule has 1 aromatic carbocycles. The van der Waals surface area contributed by atoms with Crippen LogP contribution in [0.3, 0.4) is 0 Å². The zero-order valence-corrected chi connectivity index (χ0v) is 11.8. The van der Waals surface area contributed by atoms with Gasteiger partial charge in [0.25, 0.3) is 0 Å². The molecule has 0 bridgehead atoms. The normalized spacial score (nSPS) is 11.9. The number of hydrogen-bond acceptors (Lipinski definition) is 4. The van der Waals surface area contributed by atoms with E-state index in [1.165, 1.54) is 12.1 Å². The molecule has 110 valence electrons. The summed E-state index contributed by atoms with van der Waals surface area (Å²) in [6, 6.07) is 12.4. The maximum absolute atomic E-state index is 10.7. The first-order chi connectivity index (χ1) is 10.2. The monoisotopic (exact) mass is 286 g/mol. The van der Waals surface area contributed by atoms with Crippen LogP contribution in [-0.4, -0.2) is 29.2 Å². The summed E-state index contributed by atoms with van der Waals surface area (Å²) in [4.78, 5) is 15.0. The average Bonchev–Trinajstić information content (AvgIpc) is 2.52. The molecule has 1 atom stereocenters. The number of hydrogen-bond donors (Lipinski definition) is 2. The van der Waals surface area contributed by atoms with Crippen LogP contribution in [0, 0.1) is 0 Å². The molecule has 0 saturated heterocycles. The maximum atomic E-state index is 10.7. The van der Waals surface area contributed by atoms with Crippen LogP contribution in [0.25, 0.3) is 0 Å². The molecule has 21 heavy (non-hydrogen) atoms. The molecule has 0 fully saturated rings. The number of benzene rings is 1. The van der Waals surface area contributed by atoms with Crippen molar-refractivity contribution in [3.63, 3.8) is 0 Å². The number of pyridine rings is 1. The molecule has 0 amide bonds. The lowest BCUT2D eigenvalue weighted by molar-refractivity contribution is 0.0697. The molecule has 0 saturated carbocycles. The molecule has 0 radical (unpaired) electrons. The Morgan fingerprint density at radius 1 is 1.29 bits per heavy atom. The second-order valence-corrected chi connectivity index (χ2v) is 4.61. The summed E-state index contributed by atoms with van der Waals surface area (Å²) in [6.45, 7) is 3.23. The van der Waals surface area contributed by atoms with Gasteiger partial charge in [-0.25, -0.2) is 4.79 Å². The Kier molecular flexibility index (Phi) is 5.29. The largest absolute Gasteiger partial charge is 0.492 e. The Morgan fingerprint density at radius 2 is 2.05 bits per heavy atom. The van der Waals surface area contributed by atoms with E-state index in [0.29, 0.717) is 18.9 Å². The number of carboxylic acid groups (broad SMARTS) is 1. The Morgan fingerprint density at radius 3 is 2.67 bits per heavy atom. The van der Waals surface area contributed by atoms with Gasteiger partial charge < -0.3 is 15.2 Å². The Bertz CT molecular complexity index is 570. The predicted molar refractivity (Wildman–Crippen MR) is 79.6 cm³/mol. The third-order valence-corrected chi connectivity index (χ3v) is 3.05. The lowest BCUT2D eigenvalue weighted by atomic mass is 10.2. The van der Waals surface area contributed by atoms with E-state index >= 15 is 0 Å². The number of nitrogens with one attached hydrogen (secondary N) is 1. The Labute approximate surface area is 123 Å². The molecule has 0 spiro atoms. The van der Waals surface area contributed by atoms with Gasteiger partial charge in [-0.3, -0.25) is 4.98 Å². The first-order valence-electron chi connectivity index (χ1n) is 6.77. The van der Waals surface area contributed by atoms with E-state index in [4.69, 9.17) is 9.84 Å². The van der Waals surface area contributed by atoms with Crippen LogP contribution in [0.2, 0.25) is 0 Å². The van der Waals surface area contributed by atoms with E-state index in [0.717, 1.165) is 5.69 Å². The Hall–Kier alpha value is -2.40. The van der Waals surface area contributed by atoms with Gasteiger partial charge in [0, 0.05) is 18.8 Å². The maximum Gasteiger partial charge on any atom is 0.335 e. The highest BCUT2D eigenvalue weighted by Crippen LogP contribution is 2.12. The number of carboxylic acids is 1. The number of aromatic nitrogens is 1. The lowest BCUT2D eigenvalue weighted by Gasteiger charge is -2.13. The fourth-order valence-electron chi connectivity index (χ4n) is 1.87. The zero-order valence-electron chi connectivity index (χ0n) is 11.8. The standard InChI is InChI=1S/C16H18N2O3/c1-12(15-4-2-3-9-18-15)17-10-11-21-14-7-5-13(6-8-14)16(19)20/h2-9,12,17H,10-11H2,1H3,(H,19,20). The van der Waals surface area contributed by atoms with Crippen molar-refractivity contribution in [1.29, 1.82) is 0 Å². The van der Waals surface area contributed by atoms with Crippen molar-refractivity contribution in [2.75, 3.05) is 13.2 Å². The number of ether oxygens (including phenoxy) is 1. The van der Waals surface area contributed by atoms with Crippen LogP contribution in [0.5, 0.6) is 5.75 Å². The average molecular weight is 286 g/mol. The van der Waals surface area contributed by atoms with Gasteiger partial charge in [-0.05, 0) is 43.3 Å². The van der Waals surface area contributed by atoms with Crippen molar-refractivity contribution >= 4 is 5.97 Å². The molecule has 5 heteroatoms. The summed E-state index contributed by atoms with van der Waals surface area (Å²) >= 11 is 0. The first kappa shape index (κ1) is 15.0. The van der Waals surface area contributed by atoms with Crippen molar-refractivity contribution in [2.45, 2.75) is 13.0 Å². The summed E-state index contributed by atoms with van der Waals surface area (Å²) in [5.41, 5.74) is 1.24. The van der Waals surface area contributed by atoms with Crippen LogP contribution in [0.15, 0.2) is 48.7 Å². The molecular formula is C16H18N2O3. The lowest BCUT2D eigenvalue weighted by Crippen LogP contribution is -2.24. The summed E-state index contributed by atoms with van der Waals surface area (Å²) < 4.78 is 5.55. The molecule has 0 aliphatic carbocycles. The molecule has 0 aliphatic heterocycles. The van der Waals surface area contributed by atoms with Gasteiger partial charge in [-0.2, -0.15) is 0 Å². The minimum atomic E-state index is -0.938. The number of nitrogens with zero attached hydrogens (tertiary/aromatic N) is 1. The van der Waals surface area contributed by atoms with Gasteiger partial charge in [0.05, 0.1) is 11.3 Å². The van der Waals surface area contributed by atoms with E-state index in [2.05, 4.69) is 10.3 Å². The molecular weight excluding hydrogens is 268 g/mol. The van der Waals surface area contributed by atoms with Crippen molar-refractivity contribution in [3.8, 4) is 5.75 Å². The molecule has 1 unspecified atom stereocenters. The van der Waals surface area contributed by atoms with Gasteiger partial charge in [-0.15, -0.1) is 0 Å². The third kappa shape index (κ3) is 4.57. The van der Waals surface area contributed by atoms with Crippen LogP contribution in [0.4, 0.5) is 0 Å². The van der Waals surface area contributed by atoms with Crippen molar-refractivity contribution < 1.29 is 14.6 Å². The summed E-state index contributed by atoms with van der Waals surface area (Å²) in [7, 11) is 0. The zero-order chi connectivity index (χ0) is 15.1. The van der Waals surface area contributed by atoms with Gasteiger partial charge in [-0.1, -0.05) is 6.07 Å². The highest BCUT2D eigenvalue weighted by molar-refractivity contribution is 5.87. The number of carbonyl (C=O) groups is 1. The molecule has 2 N–H and O–H groups in total. The molecule has 5 nitrogen and oxygen atoms in total. The van der Waals surface area contributed by atoms with E-state index in [1.807, 2.05) is 25.1 Å². The quantitative estimate of drug-likeness (QED) is 0.765. The van der Waals surface area contributed by atoms with E-state index in [-0.39, 0.29) is 11.6 Å². The van der Waals surface area contributed by atoms with Crippen molar-refractivity contribution in [3.05, 3.63) is 59.9 Å². The molecule has 1 aromatic heterocycles. The fourth-order valence-corrected chi connectivity index (χ4v) is 1.87. The Balaban J connectivity index is 1.73. The topological polar surface area (TPSA) is 71.5 Å². The van der Waals surface area contributed by atoms with Gasteiger partial charge in [0.1, 0.15) is 12.4 Å². The second kappa shape index (κ2) is 7.40. The van der Waals surface area contributed by atoms with Gasteiger partial charge >= 0.3 is 5.97 Å². The molecule has 1 heterocycles. The minimum Gasteiger partial charge on any atom is -0.492 e. The van der Waals surface area contributed by atoms with Crippen LogP contribution in [-0.2, 0) is 0 Å². The van der Waals surface area contributed by atoms with Crippen LogP contribution < -0.4 is 10.1 Å². The minimum absolute atomic E-state index is 0.157. The van der Waals surface area contributed by atoms with Gasteiger partial charge in [0.2, 0.25) is 0 Å². The molecule has 2 aromatic rings. The predicted octanol–water partition coefficient (Wildman–Crippen LogP) is 2.51. The highest BCUT2D eigenvalue weighted by atomic mass is 16.5. The van der Waals surface area contributed by atoms with Gasteiger partial charge in [0.15, 0.2) is 0 Å². The first-order valence-corrected chi connectivity index (χ1v) is 6.77. The third-order valence-electron chi connectivity index (χ3n) is 3.05. The molecule has 0 aliphatic rings. The molecule has 2 rings (SSSR count). The number of aromatic carboxylic acids is 1. The highest BCUT2D eigenvalue weighted by Gasteiger charge is 2.05. The SMILES string of the molecule is CC(NCCOc1ccc(C(=O)O)cc1)c1ccccn1. The smallest absolute Gasteiger partial charge is 0.335 e. The van der Waals surface area contributed by atoms with Crippen LogP contribution in [0.1, 0.15) is 29.0 Å². The van der Waals surface area contributed by atoms with E-state index < -0.39 is 5.97 Å². The van der Waals surface area contributed by atoms with Crippen LogP contribution >= 0.6 is 0 Å². The number of rotatable bonds is 7. The van der Waals surface area contributed by atoms with E-state index in [1.54, 1.807) is 18.3 Å². The second-order valence-electron chi connectivity index (χ2n) is 4.61. The summed E-state index contributed by atoms with van der Waals surface area (Å²) in [5, 5.41) is 12.1. The van der Waals surface area contributed by atoms with Crippen molar-refractivity contribution in [2.24, 2.45) is 0 Å². The van der Waals surface area contributed by atoms with Crippen molar-refractivity contribution in [1.82, 2.24) is 10.3 Å². The summed E-state index contributed by atoms with van der Waals surface area (Å²) in [5.74, 6) is -0.278. The summed E-state index contributed by atoms with van der Waals surface area (Å²) in [6.07, 6.45) is 1.77. The van der Waals surface area contributed by atoms with E-state index in [9.17, 15) is 4.79 Å². The fraction of sp³-hybridized carbons (Fsp3) is 0.250.